The molecule has 0 aliphatic heterocycles. The molecule has 0 atom stereocenters. The third kappa shape index (κ3) is 4.18. The van der Waals surface area contributed by atoms with E-state index < -0.39 is 0 Å². The molecular formula is C17H25ClN2O3. The van der Waals surface area contributed by atoms with Gasteiger partial charge in [0.15, 0.2) is 0 Å². The number of hydrogen-bond donors (Lipinski definition) is 2. The second-order valence-corrected chi connectivity index (χ2v) is 5.54. The summed E-state index contributed by atoms with van der Waals surface area (Å²) < 4.78 is 10.7. The minimum absolute atomic E-state index is 0. The fourth-order valence-electron chi connectivity index (χ4n) is 2.61. The Morgan fingerprint density at radius 3 is 2.61 bits per heavy atom. The summed E-state index contributed by atoms with van der Waals surface area (Å²) in [5, 5.41) is 4.01. The number of nitrogens with two attached hydrogens (primary N) is 1. The van der Waals surface area contributed by atoms with Crippen LogP contribution in [0.3, 0.4) is 0 Å². The minimum atomic E-state index is -0.320. The predicted octanol–water partition coefficient (Wildman–Crippen LogP) is 3.04. The van der Waals surface area contributed by atoms with Crippen molar-refractivity contribution in [2.75, 3.05) is 13.7 Å². The number of methoxy groups -OCH3 is 1. The highest BCUT2D eigenvalue weighted by Gasteiger charge is 2.26. The van der Waals surface area contributed by atoms with E-state index in [0.29, 0.717) is 6.54 Å². The van der Waals surface area contributed by atoms with Crippen molar-refractivity contribution in [1.82, 2.24) is 5.32 Å². The van der Waals surface area contributed by atoms with Crippen molar-refractivity contribution in [3.63, 3.8) is 0 Å². The Balaban J connectivity index is 0.00000264. The van der Waals surface area contributed by atoms with E-state index in [1.54, 1.807) is 13.4 Å². The Kier molecular flexibility index (Phi) is 6.91. The predicted molar refractivity (Wildman–Crippen MR) is 94.2 cm³/mol. The maximum absolute atomic E-state index is 12.3. The van der Waals surface area contributed by atoms with Gasteiger partial charge in [0.2, 0.25) is 5.91 Å². The highest BCUT2D eigenvalue weighted by molar-refractivity contribution is 5.88. The molecule has 1 aromatic carbocycles. The van der Waals surface area contributed by atoms with Crippen LogP contribution >= 0.6 is 12.4 Å². The van der Waals surface area contributed by atoms with Crippen molar-refractivity contribution >= 4 is 29.3 Å². The summed E-state index contributed by atoms with van der Waals surface area (Å²) in [6.45, 7) is 4.52. The van der Waals surface area contributed by atoms with Crippen LogP contribution in [-0.4, -0.2) is 25.1 Å². The number of nitrogens with one attached hydrogen (secondary N) is 1. The number of carbonyl (C=O) groups is 1. The van der Waals surface area contributed by atoms with Gasteiger partial charge in [0, 0.05) is 23.6 Å². The molecule has 0 radical (unpaired) electrons. The molecule has 0 saturated carbocycles. The Morgan fingerprint density at radius 1 is 1.35 bits per heavy atom. The molecule has 1 aromatic heterocycles. The maximum Gasteiger partial charge on any atom is 0.225 e. The van der Waals surface area contributed by atoms with E-state index >= 15 is 0 Å². The van der Waals surface area contributed by atoms with Gasteiger partial charge in [-0.15, -0.1) is 12.4 Å². The third-order valence-corrected chi connectivity index (χ3v) is 4.36. The molecule has 0 fully saturated rings. The molecule has 2 rings (SSSR count). The molecule has 0 saturated heterocycles. The van der Waals surface area contributed by atoms with E-state index in [-0.39, 0.29) is 30.3 Å². The first-order valence-electron chi connectivity index (χ1n) is 7.62. The van der Waals surface area contributed by atoms with Crippen molar-refractivity contribution in [2.45, 2.75) is 38.6 Å². The molecule has 1 heterocycles. The van der Waals surface area contributed by atoms with Crippen molar-refractivity contribution < 1.29 is 13.9 Å². The molecular weight excluding hydrogens is 316 g/mol. The summed E-state index contributed by atoms with van der Waals surface area (Å²) in [5.41, 5.74) is 7.10. The van der Waals surface area contributed by atoms with Gasteiger partial charge in [-0.1, -0.05) is 13.8 Å². The fourth-order valence-corrected chi connectivity index (χ4v) is 2.61. The van der Waals surface area contributed by atoms with Gasteiger partial charge in [0.05, 0.1) is 25.3 Å². The lowest BCUT2D eigenvalue weighted by molar-refractivity contribution is -0.122. The second kappa shape index (κ2) is 8.22. The first-order chi connectivity index (χ1) is 10.6. The van der Waals surface area contributed by atoms with Crippen LogP contribution in [0.1, 0.15) is 32.3 Å². The van der Waals surface area contributed by atoms with E-state index in [1.165, 1.54) is 0 Å². The minimum Gasteiger partial charge on any atom is -0.497 e. The van der Waals surface area contributed by atoms with Crippen LogP contribution in [0.4, 0.5) is 0 Å². The third-order valence-electron chi connectivity index (χ3n) is 4.36. The lowest BCUT2D eigenvalue weighted by Crippen LogP contribution is -2.53. The number of furan rings is 1. The van der Waals surface area contributed by atoms with Gasteiger partial charge in [-0.25, -0.2) is 0 Å². The lowest BCUT2D eigenvalue weighted by Gasteiger charge is -2.31. The molecule has 0 aliphatic rings. The molecule has 5 nitrogen and oxygen atoms in total. The summed E-state index contributed by atoms with van der Waals surface area (Å²) in [7, 11) is 1.61. The summed E-state index contributed by atoms with van der Waals surface area (Å²) >= 11 is 0. The van der Waals surface area contributed by atoms with Gasteiger partial charge in [0.1, 0.15) is 11.3 Å². The molecule has 6 heteroatoms. The maximum atomic E-state index is 12.3. The van der Waals surface area contributed by atoms with Crippen LogP contribution in [0.25, 0.3) is 11.0 Å². The molecule has 0 unspecified atom stereocenters. The molecule has 128 valence electrons. The van der Waals surface area contributed by atoms with Gasteiger partial charge < -0.3 is 20.2 Å². The number of hydrogen-bond acceptors (Lipinski definition) is 4. The van der Waals surface area contributed by atoms with Crippen LogP contribution < -0.4 is 15.8 Å². The molecule has 1 amide bonds. The fraction of sp³-hybridized carbons (Fsp3) is 0.471. The number of benzene rings is 1. The Morgan fingerprint density at radius 2 is 2.04 bits per heavy atom. The number of fused-ring (bicyclic) bond motifs is 1. The van der Waals surface area contributed by atoms with Gasteiger partial charge in [-0.05, 0) is 25.0 Å². The summed E-state index contributed by atoms with van der Waals surface area (Å²) in [6, 6.07) is 5.59. The zero-order valence-electron chi connectivity index (χ0n) is 13.8. The van der Waals surface area contributed by atoms with Crippen LogP contribution in [0.2, 0.25) is 0 Å². The van der Waals surface area contributed by atoms with Gasteiger partial charge in [-0.3, -0.25) is 4.79 Å². The quantitative estimate of drug-likeness (QED) is 0.812. The monoisotopic (exact) mass is 340 g/mol. The Hall–Kier alpha value is -1.72. The highest BCUT2D eigenvalue weighted by Crippen LogP contribution is 2.26. The van der Waals surface area contributed by atoms with Crippen LogP contribution in [-0.2, 0) is 11.2 Å². The van der Waals surface area contributed by atoms with Gasteiger partial charge in [-0.2, -0.15) is 0 Å². The van der Waals surface area contributed by atoms with Crippen LogP contribution in [0.15, 0.2) is 28.9 Å². The largest absolute Gasteiger partial charge is 0.497 e. The SMILES string of the molecule is CCC(CC)(CN)NC(=O)Cc1coc2cc(OC)ccc12.Cl. The molecule has 3 N–H and O–H groups in total. The number of rotatable bonds is 7. The van der Waals surface area contributed by atoms with Crippen molar-refractivity contribution in [3.8, 4) is 5.75 Å². The van der Waals surface area contributed by atoms with Crippen molar-refractivity contribution in [2.24, 2.45) is 5.73 Å². The molecule has 0 aliphatic carbocycles. The smallest absolute Gasteiger partial charge is 0.225 e. The van der Waals surface area contributed by atoms with Gasteiger partial charge in [0.25, 0.3) is 0 Å². The van der Waals surface area contributed by atoms with Crippen LogP contribution in [0, 0.1) is 0 Å². The summed E-state index contributed by atoms with van der Waals surface area (Å²) in [4.78, 5) is 12.3. The average Bonchev–Trinajstić information content (AvgIpc) is 2.94. The second-order valence-electron chi connectivity index (χ2n) is 5.54. The van der Waals surface area contributed by atoms with E-state index in [4.69, 9.17) is 14.9 Å². The first kappa shape index (κ1) is 19.3. The summed E-state index contributed by atoms with van der Waals surface area (Å²) in [5.74, 6) is 0.699. The number of ether oxygens (including phenoxy) is 1. The standard InChI is InChI=1S/C17H24N2O3.ClH/c1-4-17(5-2,11-18)19-16(20)8-12-10-22-15-9-13(21-3)6-7-14(12)15;/h6-7,9-10H,4-5,8,11,18H2,1-3H3,(H,19,20);1H. The molecule has 0 bridgehead atoms. The zero-order valence-corrected chi connectivity index (χ0v) is 14.7. The van der Waals surface area contributed by atoms with E-state index in [9.17, 15) is 4.79 Å². The van der Waals surface area contributed by atoms with E-state index in [1.807, 2.05) is 32.0 Å². The number of halogens is 1. The average molecular weight is 341 g/mol. The topological polar surface area (TPSA) is 77.5 Å². The molecule has 23 heavy (non-hydrogen) atoms. The Bertz CT molecular complexity index is 642. The van der Waals surface area contributed by atoms with Crippen molar-refractivity contribution in [3.05, 3.63) is 30.0 Å². The molecule has 0 spiro atoms. The number of amides is 1. The van der Waals surface area contributed by atoms with Gasteiger partial charge >= 0.3 is 0 Å². The number of carbonyl (C=O) groups excluding carboxylic acids is 1. The van der Waals surface area contributed by atoms with E-state index in [0.717, 1.165) is 35.1 Å². The zero-order chi connectivity index (χ0) is 16.2. The summed E-state index contributed by atoms with van der Waals surface area (Å²) in [6.07, 6.45) is 3.54. The Labute approximate surface area is 143 Å². The lowest BCUT2D eigenvalue weighted by atomic mass is 9.92. The first-order valence-corrected chi connectivity index (χ1v) is 7.62. The normalized spacial score (nSPS) is 11.1. The highest BCUT2D eigenvalue weighted by atomic mass is 35.5. The van der Waals surface area contributed by atoms with Crippen molar-refractivity contribution in [1.29, 1.82) is 0 Å². The van der Waals surface area contributed by atoms with Crippen LogP contribution in [0.5, 0.6) is 5.75 Å². The molecule has 2 aromatic rings. The van der Waals surface area contributed by atoms with E-state index in [2.05, 4.69) is 5.32 Å².